The molecule has 1 amide bonds. The summed E-state index contributed by atoms with van der Waals surface area (Å²) in [7, 11) is 0. The van der Waals surface area contributed by atoms with E-state index in [1.54, 1.807) is 0 Å². The second-order valence-electron chi connectivity index (χ2n) is 4.22. The molecule has 0 atom stereocenters. The molecule has 2 aromatic rings. The topological polar surface area (TPSA) is 54.9 Å². The Bertz CT molecular complexity index is 569. The minimum absolute atomic E-state index is 0.239. The Kier molecular flexibility index (Phi) is 4.47. The van der Waals surface area contributed by atoms with Gasteiger partial charge in [-0.1, -0.05) is 41.4 Å². The molecule has 0 spiro atoms. The van der Waals surface area contributed by atoms with Crippen molar-refractivity contribution in [2.75, 3.05) is 6.54 Å². The normalized spacial score (nSPS) is 10.2. The largest absolute Gasteiger partial charge is 0.350 e. The lowest BCUT2D eigenvalue weighted by Gasteiger charge is -2.05. The second kappa shape index (κ2) is 6.29. The van der Waals surface area contributed by atoms with E-state index in [1.165, 1.54) is 23.5 Å². The average molecular weight is 276 g/mol. The van der Waals surface area contributed by atoms with E-state index in [0.29, 0.717) is 6.54 Å². The molecule has 0 aliphatic carbocycles. The number of hydrogen-bond donors (Lipinski definition) is 1. The Morgan fingerprint density at radius 3 is 2.84 bits per heavy atom. The van der Waals surface area contributed by atoms with Gasteiger partial charge in [0, 0.05) is 6.54 Å². The molecule has 4 nitrogen and oxygen atoms in total. The van der Waals surface area contributed by atoms with Crippen molar-refractivity contribution in [3.63, 3.8) is 0 Å². The van der Waals surface area contributed by atoms with Crippen LogP contribution < -0.4 is 5.32 Å². The molecule has 0 bridgehead atoms. The average Bonchev–Trinajstić information content (AvgIpc) is 2.39. The molecule has 1 heterocycles. The standard InChI is InChI=1S/C14H14ClN3O/c1-10-3-2-4-11(7-10)5-6-16-14(19)12-8-18-13(15)9-17-12/h2-4,7-9H,5-6H2,1H3,(H,16,19). The number of nitrogens with zero attached hydrogens (tertiary/aromatic N) is 2. The first-order valence-corrected chi connectivity index (χ1v) is 6.34. The van der Waals surface area contributed by atoms with E-state index in [1.807, 2.05) is 25.1 Å². The lowest BCUT2D eigenvalue weighted by Crippen LogP contribution is -2.26. The van der Waals surface area contributed by atoms with Gasteiger partial charge in [0.25, 0.3) is 5.91 Å². The van der Waals surface area contributed by atoms with E-state index in [9.17, 15) is 4.79 Å². The number of carbonyl (C=O) groups excluding carboxylic acids is 1. The fourth-order valence-electron chi connectivity index (χ4n) is 1.71. The van der Waals surface area contributed by atoms with Gasteiger partial charge in [0.1, 0.15) is 10.8 Å². The third-order valence-electron chi connectivity index (χ3n) is 2.63. The number of carbonyl (C=O) groups is 1. The Hall–Kier alpha value is -1.94. The number of aryl methyl sites for hydroxylation is 1. The van der Waals surface area contributed by atoms with Crippen LogP contribution in [0.4, 0.5) is 0 Å². The summed E-state index contributed by atoms with van der Waals surface area (Å²) in [5.74, 6) is -0.239. The van der Waals surface area contributed by atoms with Crippen LogP contribution in [0.25, 0.3) is 0 Å². The summed E-state index contributed by atoms with van der Waals surface area (Å²) in [4.78, 5) is 19.5. The first-order chi connectivity index (χ1) is 9.15. The lowest BCUT2D eigenvalue weighted by molar-refractivity contribution is 0.0949. The zero-order valence-corrected chi connectivity index (χ0v) is 11.3. The monoisotopic (exact) mass is 275 g/mol. The van der Waals surface area contributed by atoms with Crippen molar-refractivity contribution in [3.05, 3.63) is 58.6 Å². The maximum absolute atomic E-state index is 11.8. The molecule has 19 heavy (non-hydrogen) atoms. The summed E-state index contributed by atoms with van der Waals surface area (Å²) in [6, 6.07) is 8.21. The zero-order valence-electron chi connectivity index (χ0n) is 10.6. The number of hydrogen-bond acceptors (Lipinski definition) is 3. The molecule has 98 valence electrons. The summed E-state index contributed by atoms with van der Waals surface area (Å²) in [5, 5.41) is 3.08. The van der Waals surface area contributed by atoms with Crippen molar-refractivity contribution >= 4 is 17.5 Å². The molecule has 1 aromatic heterocycles. The van der Waals surface area contributed by atoms with Gasteiger partial charge in [0.15, 0.2) is 0 Å². The Morgan fingerprint density at radius 1 is 1.32 bits per heavy atom. The summed E-state index contributed by atoms with van der Waals surface area (Å²) in [6.45, 7) is 2.61. The van der Waals surface area contributed by atoms with E-state index in [2.05, 4.69) is 21.4 Å². The summed E-state index contributed by atoms with van der Waals surface area (Å²) in [6.07, 6.45) is 3.51. The molecule has 0 saturated heterocycles. The molecule has 1 N–H and O–H groups in total. The fourth-order valence-corrected chi connectivity index (χ4v) is 1.81. The first kappa shape index (κ1) is 13.5. The Balaban J connectivity index is 1.86. The molecule has 0 saturated carbocycles. The number of amides is 1. The van der Waals surface area contributed by atoms with Crippen LogP contribution in [0.15, 0.2) is 36.7 Å². The SMILES string of the molecule is Cc1cccc(CCNC(=O)c2cnc(Cl)cn2)c1. The summed E-state index contributed by atoms with van der Waals surface area (Å²) < 4.78 is 0. The molecule has 0 radical (unpaired) electrons. The van der Waals surface area contributed by atoms with Crippen LogP contribution >= 0.6 is 11.6 Å². The van der Waals surface area contributed by atoms with Gasteiger partial charge in [-0.25, -0.2) is 9.97 Å². The summed E-state index contributed by atoms with van der Waals surface area (Å²) >= 11 is 5.61. The highest BCUT2D eigenvalue weighted by atomic mass is 35.5. The molecule has 5 heteroatoms. The number of nitrogens with one attached hydrogen (secondary N) is 1. The number of halogens is 1. The predicted molar refractivity (Wildman–Crippen MR) is 74.3 cm³/mol. The van der Waals surface area contributed by atoms with Crippen LogP contribution in [-0.4, -0.2) is 22.4 Å². The molecule has 0 fully saturated rings. The molecule has 1 aromatic carbocycles. The van der Waals surface area contributed by atoms with Crippen molar-refractivity contribution < 1.29 is 4.79 Å². The fraction of sp³-hybridized carbons (Fsp3) is 0.214. The van der Waals surface area contributed by atoms with Crippen LogP contribution in [0.3, 0.4) is 0 Å². The highest BCUT2D eigenvalue weighted by molar-refractivity contribution is 6.29. The van der Waals surface area contributed by atoms with Gasteiger partial charge in [0.05, 0.1) is 12.4 Å². The third kappa shape index (κ3) is 4.03. The highest BCUT2D eigenvalue weighted by Crippen LogP contribution is 2.04. The number of rotatable bonds is 4. The third-order valence-corrected chi connectivity index (χ3v) is 2.83. The van der Waals surface area contributed by atoms with Crippen LogP contribution in [0.5, 0.6) is 0 Å². The minimum atomic E-state index is -0.239. The Morgan fingerprint density at radius 2 is 2.16 bits per heavy atom. The minimum Gasteiger partial charge on any atom is -0.350 e. The molecular formula is C14H14ClN3O. The van der Waals surface area contributed by atoms with Gasteiger partial charge in [0.2, 0.25) is 0 Å². The molecule has 0 aliphatic rings. The van der Waals surface area contributed by atoms with Gasteiger partial charge < -0.3 is 5.32 Å². The van der Waals surface area contributed by atoms with Gasteiger partial charge in [-0.3, -0.25) is 4.79 Å². The van der Waals surface area contributed by atoms with E-state index in [4.69, 9.17) is 11.6 Å². The van der Waals surface area contributed by atoms with Crippen molar-refractivity contribution in [1.82, 2.24) is 15.3 Å². The lowest BCUT2D eigenvalue weighted by atomic mass is 10.1. The predicted octanol–water partition coefficient (Wildman–Crippen LogP) is 2.41. The Labute approximate surface area is 116 Å². The molecule has 0 unspecified atom stereocenters. The van der Waals surface area contributed by atoms with E-state index in [0.717, 1.165) is 6.42 Å². The van der Waals surface area contributed by atoms with E-state index in [-0.39, 0.29) is 16.8 Å². The van der Waals surface area contributed by atoms with E-state index < -0.39 is 0 Å². The highest BCUT2D eigenvalue weighted by Gasteiger charge is 2.06. The number of benzene rings is 1. The van der Waals surface area contributed by atoms with Crippen molar-refractivity contribution in [2.45, 2.75) is 13.3 Å². The quantitative estimate of drug-likeness (QED) is 0.932. The van der Waals surface area contributed by atoms with Gasteiger partial charge in [-0.15, -0.1) is 0 Å². The summed E-state index contributed by atoms with van der Waals surface area (Å²) in [5.41, 5.74) is 2.68. The van der Waals surface area contributed by atoms with Gasteiger partial charge >= 0.3 is 0 Å². The van der Waals surface area contributed by atoms with Gasteiger partial charge in [-0.05, 0) is 18.9 Å². The maximum atomic E-state index is 11.8. The van der Waals surface area contributed by atoms with Crippen LogP contribution in [0, 0.1) is 6.92 Å². The van der Waals surface area contributed by atoms with Gasteiger partial charge in [-0.2, -0.15) is 0 Å². The molecular weight excluding hydrogens is 262 g/mol. The van der Waals surface area contributed by atoms with Crippen LogP contribution in [-0.2, 0) is 6.42 Å². The van der Waals surface area contributed by atoms with Crippen LogP contribution in [0.2, 0.25) is 5.15 Å². The second-order valence-corrected chi connectivity index (χ2v) is 4.61. The first-order valence-electron chi connectivity index (χ1n) is 5.96. The van der Waals surface area contributed by atoms with Crippen molar-refractivity contribution in [2.24, 2.45) is 0 Å². The smallest absolute Gasteiger partial charge is 0.271 e. The zero-order chi connectivity index (χ0) is 13.7. The maximum Gasteiger partial charge on any atom is 0.271 e. The van der Waals surface area contributed by atoms with Crippen molar-refractivity contribution in [3.8, 4) is 0 Å². The molecule has 2 rings (SSSR count). The van der Waals surface area contributed by atoms with E-state index >= 15 is 0 Å². The molecule has 0 aliphatic heterocycles. The van der Waals surface area contributed by atoms with Crippen molar-refractivity contribution in [1.29, 1.82) is 0 Å². The number of aromatic nitrogens is 2. The van der Waals surface area contributed by atoms with Crippen LogP contribution in [0.1, 0.15) is 21.6 Å².